The van der Waals surface area contributed by atoms with Crippen LogP contribution in [0.2, 0.25) is 0 Å². The highest BCUT2D eigenvalue weighted by molar-refractivity contribution is 6.52. The Morgan fingerprint density at radius 1 is 0.691 bits per heavy atom. The molecule has 4 atom stereocenters. The predicted octanol–water partition coefficient (Wildman–Crippen LogP) is 7.77. The Labute approximate surface area is 407 Å². The van der Waals surface area contributed by atoms with Crippen LogP contribution in [0.25, 0.3) is 11.1 Å². The van der Waals surface area contributed by atoms with Crippen LogP contribution >= 0.6 is 0 Å². The molecule has 12 nitrogen and oxygen atoms in total. The Morgan fingerprint density at radius 3 is 1.68 bits per heavy atom. The Balaban J connectivity index is 1.56. The number of fused-ring (bicyclic) bond motifs is 2. The van der Waals surface area contributed by atoms with Crippen LogP contribution in [0.4, 0.5) is 17.1 Å². The van der Waals surface area contributed by atoms with Gasteiger partial charge in [-0.1, -0.05) is 85.8 Å². The van der Waals surface area contributed by atoms with Gasteiger partial charge in [-0.3, -0.25) is 24.0 Å². The number of rotatable bonds is 23. The molecule has 1 aliphatic carbocycles. The lowest BCUT2D eigenvalue weighted by atomic mass is 9.76. The molecule has 4 unspecified atom stereocenters. The predicted molar refractivity (Wildman–Crippen MR) is 275 cm³/mol. The number of amides is 4. The van der Waals surface area contributed by atoms with Gasteiger partial charge in [-0.25, -0.2) is 4.58 Å². The second-order valence-electron chi connectivity index (χ2n) is 21.6. The van der Waals surface area contributed by atoms with Crippen molar-refractivity contribution in [2.75, 3.05) is 28.6 Å². The van der Waals surface area contributed by atoms with Gasteiger partial charge >= 0.3 is 0 Å². The van der Waals surface area contributed by atoms with Gasteiger partial charge in [-0.15, -0.1) is 0 Å². The van der Waals surface area contributed by atoms with Gasteiger partial charge in [0, 0.05) is 95.5 Å². The van der Waals surface area contributed by atoms with Crippen LogP contribution in [0.5, 0.6) is 0 Å². The number of nitrogens with one attached hydrogen (secondary N) is 4. The molecule has 2 heterocycles. The van der Waals surface area contributed by atoms with Crippen molar-refractivity contribution in [3.05, 3.63) is 57.3 Å². The first-order valence-corrected chi connectivity index (χ1v) is 26.0. The molecule has 2 aromatic carbocycles. The number of carbonyl (C=O) groups excluding carboxylic acids is 5. The van der Waals surface area contributed by atoms with E-state index in [1.807, 2.05) is 24.3 Å². The molecule has 5 rings (SSSR count). The number of anilines is 3. The minimum atomic E-state index is -0.476. The first-order valence-electron chi connectivity index (χ1n) is 26.0. The van der Waals surface area contributed by atoms with Crippen molar-refractivity contribution >= 4 is 57.6 Å². The lowest BCUT2D eigenvalue weighted by Crippen LogP contribution is -2.42. The van der Waals surface area contributed by atoms with Gasteiger partial charge in [0.2, 0.25) is 29.0 Å². The Kier molecular flexibility index (Phi) is 17.9. The first-order chi connectivity index (χ1) is 32.0. The number of nitrogens with zero attached hydrogens (tertiary/aromatic N) is 2. The van der Waals surface area contributed by atoms with Gasteiger partial charge in [0.05, 0.1) is 16.8 Å². The molecule has 0 saturated heterocycles. The Morgan fingerprint density at radius 2 is 1.21 bits per heavy atom. The van der Waals surface area contributed by atoms with Crippen molar-refractivity contribution in [3.8, 4) is 0 Å². The normalized spacial score (nSPS) is 19.7. The van der Waals surface area contributed by atoms with Gasteiger partial charge in [0.15, 0.2) is 11.8 Å². The summed E-state index contributed by atoms with van der Waals surface area (Å²) in [4.78, 5) is 70.6. The summed E-state index contributed by atoms with van der Waals surface area (Å²) in [6, 6.07) is 7.95. The summed E-state index contributed by atoms with van der Waals surface area (Å²) in [5, 5.41) is 28.2. The molecule has 0 spiro atoms. The highest BCUT2D eigenvalue weighted by Gasteiger charge is 2.47. The van der Waals surface area contributed by atoms with Crippen molar-refractivity contribution < 1.29 is 29.1 Å². The molecule has 0 aromatic heterocycles. The molecule has 0 radical (unpaired) electrons. The van der Waals surface area contributed by atoms with Crippen LogP contribution in [0.3, 0.4) is 0 Å². The fourth-order valence-electron chi connectivity index (χ4n) is 10.6. The molecule has 374 valence electrons. The SMILES string of the molecule is CCCCC(CC)CNC(=O)CCC(=O)Nc1cc2c(cc1C1=C([O-])/C(=c3/cc4c(cc3NC(=O)CCC(=O)NCC(CC)CCCC)=[N+](C(C)C)C(C)C4(C)C)C1=O)C(C)(C)C(C)N2C(C)C. The van der Waals surface area contributed by atoms with Crippen LogP contribution in [-0.4, -0.2) is 66.7 Å². The van der Waals surface area contributed by atoms with Gasteiger partial charge < -0.3 is 31.3 Å². The Hall–Kier alpha value is -5.00. The summed E-state index contributed by atoms with van der Waals surface area (Å²) in [6.07, 6.45) is 8.29. The summed E-state index contributed by atoms with van der Waals surface area (Å²) in [6.45, 7) is 31.1. The van der Waals surface area contributed by atoms with Gasteiger partial charge in [-0.05, 0) is 104 Å². The third-order valence-corrected chi connectivity index (χ3v) is 15.7. The third kappa shape index (κ3) is 11.4. The van der Waals surface area contributed by atoms with Crippen molar-refractivity contribution in [1.82, 2.24) is 15.2 Å². The van der Waals surface area contributed by atoms with E-state index in [0.29, 0.717) is 47.1 Å². The number of ketones is 1. The average molecular weight is 937 g/mol. The number of benzene rings is 2. The second-order valence-corrected chi connectivity index (χ2v) is 21.6. The molecular formula is C56H84N6O6. The molecule has 4 amide bonds. The first kappa shape index (κ1) is 53.9. The largest absolute Gasteiger partial charge is 0.871 e. The quantitative estimate of drug-likeness (QED) is 0.0828. The maximum atomic E-state index is 14.9. The number of Topliss-reactive ketones (excluding diaryl/α,β-unsaturated/α-hetero) is 1. The molecule has 4 N–H and O–H groups in total. The minimum absolute atomic E-state index is 0.00390. The molecule has 3 aliphatic rings. The smallest absolute Gasteiger partial charge is 0.224 e. The average Bonchev–Trinajstić information content (AvgIpc) is 3.60. The minimum Gasteiger partial charge on any atom is -0.871 e. The highest BCUT2D eigenvalue weighted by Crippen LogP contribution is 2.50. The van der Waals surface area contributed by atoms with Crippen LogP contribution in [0.1, 0.15) is 191 Å². The second kappa shape index (κ2) is 22.6. The zero-order valence-corrected chi connectivity index (χ0v) is 44.0. The van der Waals surface area contributed by atoms with Gasteiger partial charge in [-0.2, -0.15) is 0 Å². The summed E-state index contributed by atoms with van der Waals surface area (Å²) in [5.74, 6) is -1.35. The maximum Gasteiger partial charge on any atom is 0.224 e. The van der Waals surface area contributed by atoms with Crippen molar-refractivity contribution in [2.45, 2.75) is 209 Å². The van der Waals surface area contributed by atoms with E-state index in [0.717, 1.165) is 73.5 Å². The highest BCUT2D eigenvalue weighted by atomic mass is 16.3. The van der Waals surface area contributed by atoms with Gasteiger partial charge in [0.1, 0.15) is 6.04 Å². The number of hydrogen-bond donors (Lipinski definition) is 4. The molecule has 0 fully saturated rings. The number of carbonyl (C=O) groups is 5. The number of hydrogen-bond acceptors (Lipinski definition) is 7. The van der Waals surface area contributed by atoms with E-state index in [2.05, 4.69) is 128 Å². The van der Waals surface area contributed by atoms with E-state index in [1.54, 1.807) is 0 Å². The van der Waals surface area contributed by atoms with Crippen molar-refractivity contribution in [2.24, 2.45) is 11.8 Å². The molecular weight excluding hydrogens is 853 g/mol. The summed E-state index contributed by atoms with van der Waals surface area (Å²) in [5.41, 5.74) is 3.07. The molecule has 2 aliphatic heterocycles. The summed E-state index contributed by atoms with van der Waals surface area (Å²) >= 11 is 0. The molecule has 68 heavy (non-hydrogen) atoms. The third-order valence-electron chi connectivity index (χ3n) is 15.7. The summed E-state index contributed by atoms with van der Waals surface area (Å²) < 4.78 is 2.30. The number of allylic oxidation sites excluding steroid dienone is 2. The van der Waals surface area contributed by atoms with E-state index < -0.39 is 23.4 Å². The van der Waals surface area contributed by atoms with E-state index in [4.69, 9.17) is 0 Å². The monoisotopic (exact) mass is 937 g/mol. The standard InChI is InChI=1S/C56H84N6O6/c1-15-19-21-37(17-3)31-57-47(63)23-25-49(65)59-43-29-45-41(55(11,12)35(9)61(45)33(5)6)27-39(43)51-53(67)52(54(51)68)40-28-42-46(62(34(7)8)36(10)56(42,13)14)30-44(40)60-50(66)26-24-48(64)58-32-38(18-4)22-20-16-2/h27-30,33-38H,15-26,31-32H2,1-14H3,(H4,57,58,59,60,63,64,65,66,67,68). The zero-order chi connectivity index (χ0) is 50.4. The molecule has 2 aromatic rings. The molecule has 0 saturated carbocycles. The van der Waals surface area contributed by atoms with Crippen molar-refractivity contribution in [3.63, 3.8) is 0 Å². The topological polar surface area (TPSA) is 163 Å². The van der Waals surface area contributed by atoms with Crippen LogP contribution in [0, 0.1) is 11.8 Å². The fraction of sp³-hybridized carbons (Fsp3) is 0.643. The number of unbranched alkanes of at least 4 members (excludes halogenated alkanes) is 2. The lowest BCUT2D eigenvalue weighted by Gasteiger charge is -2.34. The summed E-state index contributed by atoms with van der Waals surface area (Å²) in [7, 11) is 0. The maximum absolute atomic E-state index is 14.9. The van der Waals surface area contributed by atoms with Crippen LogP contribution in [0.15, 0.2) is 30.0 Å². The van der Waals surface area contributed by atoms with Gasteiger partial charge in [0.25, 0.3) is 0 Å². The molecule has 12 heteroatoms. The van der Waals surface area contributed by atoms with E-state index in [1.165, 1.54) is 0 Å². The molecule has 0 bridgehead atoms. The van der Waals surface area contributed by atoms with E-state index in [-0.39, 0.29) is 83.6 Å². The van der Waals surface area contributed by atoms with Crippen LogP contribution in [-0.2, 0) is 34.8 Å². The van der Waals surface area contributed by atoms with E-state index >= 15 is 0 Å². The van der Waals surface area contributed by atoms with Crippen LogP contribution < -0.4 is 46.4 Å². The van der Waals surface area contributed by atoms with E-state index in [9.17, 15) is 29.1 Å². The lowest BCUT2D eigenvalue weighted by molar-refractivity contribution is -0.292. The fourth-order valence-corrected chi connectivity index (χ4v) is 10.6. The Bertz CT molecular complexity index is 2390. The zero-order valence-electron chi connectivity index (χ0n) is 44.0. The van der Waals surface area contributed by atoms with Crippen molar-refractivity contribution in [1.29, 1.82) is 0 Å².